The number of allylic oxidation sites excluding steroid dienone is 2. The Kier molecular flexibility index (Phi) is 7.36. The Bertz CT molecular complexity index is 197. The van der Waals surface area contributed by atoms with E-state index in [4.69, 9.17) is 0 Å². The fourth-order valence-electron chi connectivity index (χ4n) is 0.770. The Labute approximate surface area is 75.9 Å². The molecule has 0 bridgehead atoms. The maximum Gasteiger partial charge on any atom is -0.0379 e. The first-order chi connectivity index (χ1) is 5.81. The van der Waals surface area contributed by atoms with Crippen LogP contribution in [0.4, 0.5) is 0 Å². The Hall–Kier alpha value is -1.04. The molecule has 0 heterocycles. The molecule has 0 atom stereocenters. The third-order valence-electron chi connectivity index (χ3n) is 1.41. The van der Waals surface area contributed by atoms with Crippen LogP contribution >= 0.6 is 0 Å². The van der Waals surface area contributed by atoms with Crippen LogP contribution in [0.5, 0.6) is 0 Å². The quantitative estimate of drug-likeness (QED) is 0.548. The smallest absolute Gasteiger partial charge is 0.0379 e. The highest BCUT2D eigenvalue weighted by Gasteiger charge is 1.72. The molecule has 66 valence electrons. The van der Waals surface area contributed by atoms with Gasteiger partial charge < -0.3 is 0 Å². The number of hydrogen-bond donors (Lipinski definition) is 0. The number of rotatable bonds is 1. The van der Waals surface area contributed by atoms with E-state index in [1.165, 1.54) is 5.56 Å². The summed E-state index contributed by atoms with van der Waals surface area (Å²) in [4.78, 5) is 0. The van der Waals surface area contributed by atoms with E-state index in [0.29, 0.717) is 0 Å². The summed E-state index contributed by atoms with van der Waals surface area (Å²) in [5.41, 5.74) is 1.32. The number of benzene rings is 1. The summed E-state index contributed by atoms with van der Waals surface area (Å²) < 4.78 is 0. The zero-order chi connectivity index (χ0) is 9.23. The lowest BCUT2D eigenvalue weighted by molar-refractivity contribution is 1.22. The van der Waals surface area contributed by atoms with Crippen LogP contribution in [0.25, 0.3) is 0 Å². The molecule has 0 saturated heterocycles. The van der Waals surface area contributed by atoms with Crippen molar-refractivity contribution >= 4 is 0 Å². The molecule has 0 aromatic heterocycles. The fourth-order valence-corrected chi connectivity index (χ4v) is 0.770. The molecule has 0 N–H and O–H groups in total. The van der Waals surface area contributed by atoms with E-state index >= 15 is 0 Å². The molecule has 0 nitrogen and oxygen atoms in total. The van der Waals surface area contributed by atoms with Crippen LogP contribution in [0, 0.1) is 6.92 Å². The zero-order valence-corrected chi connectivity index (χ0v) is 8.25. The summed E-state index contributed by atoms with van der Waals surface area (Å²) in [6.45, 7) is 6.24. The largest absolute Gasteiger partial charge is 0.0917 e. The van der Waals surface area contributed by atoms with Crippen molar-refractivity contribution in [1.29, 1.82) is 0 Å². The van der Waals surface area contributed by atoms with Crippen molar-refractivity contribution in [2.45, 2.75) is 27.2 Å². The highest BCUT2D eigenvalue weighted by Crippen LogP contribution is 1.92. The van der Waals surface area contributed by atoms with Gasteiger partial charge in [-0.1, -0.05) is 55.0 Å². The third-order valence-corrected chi connectivity index (χ3v) is 1.41. The van der Waals surface area contributed by atoms with E-state index in [1.54, 1.807) is 0 Å². The van der Waals surface area contributed by atoms with Crippen molar-refractivity contribution in [2.24, 2.45) is 0 Å². The van der Waals surface area contributed by atoms with Gasteiger partial charge in [0, 0.05) is 0 Å². The Morgan fingerprint density at radius 2 is 1.75 bits per heavy atom. The second kappa shape index (κ2) is 8.06. The van der Waals surface area contributed by atoms with E-state index in [2.05, 4.69) is 38.1 Å². The van der Waals surface area contributed by atoms with Crippen molar-refractivity contribution in [2.75, 3.05) is 0 Å². The van der Waals surface area contributed by atoms with Crippen LogP contribution in [0.1, 0.15) is 25.8 Å². The average molecular weight is 162 g/mol. The van der Waals surface area contributed by atoms with Crippen molar-refractivity contribution in [3.63, 3.8) is 0 Å². The van der Waals surface area contributed by atoms with Gasteiger partial charge in [-0.2, -0.15) is 0 Å². The summed E-state index contributed by atoms with van der Waals surface area (Å²) in [6.07, 6.45) is 5.34. The van der Waals surface area contributed by atoms with Crippen LogP contribution in [0.3, 0.4) is 0 Å². The zero-order valence-electron chi connectivity index (χ0n) is 8.25. The summed E-state index contributed by atoms with van der Waals surface area (Å²) >= 11 is 0. The predicted molar refractivity (Wildman–Crippen MR) is 56.3 cm³/mol. The van der Waals surface area contributed by atoms with Gasteiger partial charge in [0.05, 0.1) is 0 Å². The number of aryl methyl sites for hydroxylation is 1. The van der Waals surface area contributed by atoms with E-state index in [1.807, 2.05) is 25.1 Å². The molecule has 1 aromatic rings. The molecule has 1 aromatic carbocycles. The van der Waals surface area contributed by atoms with Gasteiger partial charge in [-0.3, -0.25) is 0 Å². The maximum atomic E-state index is 2.12. The Morgan fingerprint density at radius 3 is 1.92 bits per heavy atom. The standard InChI is InChI=1S/C7H8.C5H10/c1-7-5-3-2-4-6-7;1-3-5-4-2/h2-6H,1H3;3,5H,4H2,1-2H3/b;5-3+. The lowest BCUT2D eigenvalue weighted by atomic mass is 10.2. The third kappa shape index (κ3) is 7.07. The van der Waals surface area contributed by atoms with Crippen molar-refractivity contribution in [1.82, 2.24) is 0 Å². The molecule has 0 heteroatoms. The first-order valence-corrected chi connectivity index (χ1v) is 4.44. The highest BCUT2D eigenvalue weighted by atomic mass is 13.8. The molecule has 0 aliphatic heterocycles. The minimum absolute atomic E-state index is 1.16. The molecule has 0 spiro atoms. The second-order valence-corrected chi connectivity index (χ2v) is 2.63. The van der Waals surface area contributed by atoms with Gasteiger partial charge in [-0.15, -0.1) is 0 Å². The molecule has 0 aliphatic rings. The van der Waals surface area contributed by atoms with E-state index in [-0.39, 0.29) is 0 Å². The van der Waals surface area contributed by atoms with Gasteiger partial charge in [-0.05, 0) is 20.3 Å². The fraction of sp³-hybridized carbons (Fsp3) is 0.333. The summed E-state index contributed by atoms with van der Waals surface area (Å²) in [7, 11) is 0. The van der Waals surface area contributed by atoms with E-state index in [0.717, 1.165) is 6.42 Å². The molecule has 0 saturated carbocycles. The van der Waals surface area contributed by atoms with E-state index < -0.39 is 0 Å². The Morgan fingerprint density at radius 1 is 1.17 bits per heavy atom. The van der Waals surface area contributed by atoms with Crippen molar-refractivity contribution < 1.29 is 0 Å². The lowest BCUT2D eigenvalue weighted by Gasteiger charge is -1.82. The predicted octanol–water partition coefficient (Wildman–Crippen LogP) is 3.97. The van der Waals surface area contributed by atoms with Gasteiger partial charge in [0.2, 0.25) is 0 Å². The van der Waals surface area contributed by atoms with Crippen LogP contribution in [0.15, 0.2) is 42.5 Å². The minimum Gasteiger partial charge on any atom is -0.0917 e. The van der Waals surface area contributed by atoms with Gasteiger partial charge in [0.15, 0.2) is 0 Å². The summed E-state index contributed by atoms with van der Waals surface area (Å²) in [6, 6.07) is 10.3. The van der Waals surface area contributed by atoms with Gasteiger partial charge in [0.25, 0.3) is 0 Å². The molecule has 0 fully saturated rings. The second-order valence-electron chi connectivity index (χ2n) is 2.63. The number of hydrogen-bond acceptors (Lipinski definition) is 0. The van der Waals surface area contributed by atoms with Gasteiger partial charge in [0.1, 0.15) is 0 Å². The van der Waals surface area contributed by atoms with E-state index in [9.17, 15) is 0 Å². The average Bonchev–Trinajstić information content (AvgIpc) is 2.08. The highest BCUT2D eigenvalue weighted by molar-refractivity contribution is 5.11. The topological polar surface area (TPSA) is 0 Å². The lowest BCUT2D eigenvalue weighted by Crippen LogP contribution is -1.62. The van der Waals surface area contributed by atoms with Gasteiger partial charge >= 0.3 is 0 Å². The molecule has 0 radical (unpaired) electrons. The van der Waals surface area contributed by atoms with Gasteiger partial charge in [-0.25, -0.2) is 0 Å². The normalized spacial score (nSPS) is 9.25. The molecular weight excluding hydrogens is 144 g/mol. The van der Waals surface area contributed by atoms with Crippen LogP contribution < -0.4 is 0 Å². The molecule has 1 rings (SSSR count). The first kappa shape index (κ1) is 11.0. The van der Waals surface area contributed by atoms with Crippen LogP contribution in [-0.2, 0) is 0 Å². The molecule has 0 unspecified atom stereocenters. The minimum atomic E-state index is 1.16. The first-order valence-electron chi connectivity index (χ1n) is 4.44. The van der Waals surface area contributed by atoms with Crippen LogP contribution in [-0.4, -0.2) is 0 Å². The molecule has 0 amide bonds. The van der Waals surface area contributed by atoms with Crippen LogP contribution in [0.2, 0.25) is 0 Å². The monoisotopic (exact) mass is 162 g/mol. The van der Waals surface area contributed by atoms with Crippen molar-refractivity contribution in [3.05, 3.63) is 48.0 Å². The summed E-state index contributed by atoms with van der Waals surface area (Å²) in [5, 5.41) is 0. The summed E-state index contributed by atoms with van der Waals surface area (Å²) in [5.74, 6) is 0. The molecular formula is C12H18. The Balaban J connectivity index is 0.000000217. The SMILES string of the molecule is C/C=C/CC.Cc1ccccc1. The van der Waals surface area contributed by atoms with Crippen molar-refractivity contribution in [3.8, 4) is 0 Å². The molecule has 0 aliphatic carbocycles. The molecule has 12 heavy (non-hydrogen) atoms. The maximum absolute atomic E-state index is 2.12.